The van der Waals surface area contributed by atoms with Gasteiger partial charge in [0, 0.05) is 24.6 Å². The topological polar surface area (TPSA) is 49.8 Å². The Balaban J connectivity index is 2.12. The van der Waals surface area contributed by atoms with Crippen LogP contribution in [0, 0.1) is 0 Å². The maximum Gasteiger partial charge on any atom is 0.135 e. The van der Waals surface area contributed by atoms with E-state index in [1.54, 1.807) is 0 Å². The Kier molecular flexibility index (Phi) is 4.39. The van der Waals surface area contributed by atoms with E-state index in [0.29, 0.717) is 12.0 Å². The van der Waals surface area contributed by atoms with Gasteiger partial charge in [-0.3, -0.25) is 0 Å². The monoisotopic (exact) mass is 248 g/mol. The molecule has 0 spiro atoms. The Morgan fingerprint density at radius 2 is 2.00 bits per heavy atom. The Labute approximate surface area is 110 Å². The molecule has 1 aromatic heterocycles. The van der Waals surface area contributed by atoms with Gasteiger partial charge in [0.05, 0.1) is 0 Å². The summed E-state index contributed by atoms with van der Waals surface area (Å²) in [7, 11) is 0. The van der Waals surface area contributed by atoms with Crippen LogP contribution < -0.4 is 10.6 Å². The molecule has 100 valence electrons. The molecule has 1 aromatic rings. The minimum Gasteiger partial charge on any atom is -0.370 e. The largest absolute Gasteiger partial charge is 0.370 e. The molecule has 1 heterocycles. The highest BCUT2D eigenvalue weighted by Crippen LogP contribution is 2.24. The minimum atomic E-state index is 0.357. The smallest absolute Gasteiger partial charge is 0.135 e. The van der Waals surface area contributed by atoms with Crippen LogP contribution in [-0.2, 0) is 0 Å². The fraction of sp³-hybridized carbons (Fsp3) is 0.714. The lowest BCUT2D eigenvalue weighted by atomic mass is 9.93. The van der Waals surface area contributed by atoms with Gasteiger partial charge in [-0.25, -0.2) is 9.97 Å². The molecule has 1 aliphatic rings. The van der Waals surface area contributed by atoms with Crippen molar-refractivity contribution < 1.29 is 0 Å². The van der Waals surface area contributed by atoms with E-state index in [2.05, 4.69) is 41.4 Å². The summed E-state index contributed by atoms with van der Waals surface area (Å²) in [6.07, 6.45) is 4.96. The third-order valence-corrected chi connectivity index (χ3v) is 3.27. The highest BCUT2D eigenvalue weighted by atomic mass is 15.1. The third kappa shape index (κ3) is 3.34. The molecule has 2 N–H and O–H groups in total. The summed E-state index contributed by atoms with van der Waals surface area (Å²) in [6, 6.07) is 2.64. The molecule has 4 nitrogen and oxygen atoms in total. The second kappa shape index (κ2) is 6.03. The molecule has 18 heavy (non-hydrogen) atoms. The molecule has 0 bridgehead atoms. The molecule has 0 radical (unpaired) electrons. The molecule has 0 saturated heterocycles. The molecular weight excluding hydrogens is 224 g/mol. The normalized spacial score (nSPS) is 15.6. The van der Waals surface area contributed by atoms with Crippen molar-refractivity contribution in [1.29, 1.82) is 0 Å². The zero-order valence-electron chi connectivity index (χ0n) is 11.7. The van der Waals surface area contributed by atoms with E-state index in [4.69, 9.17) is 0 Å². The molecule has 0 amide bonds. The van der Waals surface area contributed by atoms with Crippen molar-refractivity contribution in [2.75, 3.05) is 17.2 Å². The molecule has 1 fully saturated rings. The van der Waals surface area contributed by atoms with E-state index in [-0.39, 0.29) is 0 Å². The molecule has 0 aliphatic heterocycles. The molecule has 0 aromatic carbocycles. The van der Waals surface area contributed by atoms with Crippen LogP contribution in [0.25, 0.3) is 0 Å². The molecule has 4 heteroatoms. The highest BCUT2D eigenvalue weighted by Gasteiger charge is 2.18. The van der Waals surface area contributed by atoms with Crippen molar-refractivity contribution in [3.8, 4) is 0 Å². The van der Waals surface area contributed by atoms with Gasteiger partial charge in [0.1, 0.15) is 17.5 Å². The predicted octanol–water partition coefficient (Wildman–Crippen LogP) is 3.39. The van der Waals surface area contributed by atoms with Crippen molar-refractivity contribution in [2.24, 2.45) is 0 Å². The van der Waals surface area contributed by atoms with Gasteiger partial charge < -0.3 is 10.6 Å². The summed E-state index contributed by atoms with van der Waals surface area (Å²) >= 11 is 0. The fourth-order valence-corrected chi connectivity index (χ4v) is 1.90. The van der Waals surface area contributed by atoms with Crippen LogP contribution in [0.3, 0.4) is 0 Å². The van der Waals surface area contributed by atoms with Crippen molar-refractivity contribution in [3.63, 3.8) is 0 Å². The molecule has 0 atom stereocenters. The van der Waals surface area contributed by atoms with E-state index in [0.717, 1.165) is 30.4 Å². The van der Waals surface area contributed by atoms with Crippen LogP contribution in [0.4, 0.5) is 11.6 Å². The van der Waals surface area contributed by atoms with E-state index >= 15 is 0 Å². The summed E-state index contributed by atoms with van der Waals surface area (Å²) < 4.78 is 0. The van der Waals surface area contributed by atoms with Gasteiger partial charge in [0.25, 0.3) is 0 Å². The lowest BCUT2D eigenvalue weighted by Gasteiger charge is -2.27. The zero-order valence-corrected chi connectivity index (χ0v) is 11.7. The van der Waals surface area contributed by atoms with Crippen LogP contribution in [0.1, 0.15) is 58.2 Å². The minimum absolute atomic E-state index is 0.357. The molecule has 2 rings (SSSR count). The van der Waals surface area contributed by atoms with Gasteiger partial charge in [-0.1, -0.05) is 20.8 Å². The van der Waals surface area contributed by atoms with Crippen molar-refractivity contribution in [3.05, 3.63) is 11.9 Å². The number of rotatable bonds is 6. The third-order valence-electron chi connectivity index (χ3n) is 3.27. The molecular formula is C14H24N4. The number of hydrogen-bond acceptors (Lipinski definition) is 4. The summed E-state index contributed by atoms with van der Waals surface area (Å²) in [5, 5.41) is 6.85. The van der Waals surface area contributed by atoms with Crippen molar-refractivity contribution >= 4 is 11.6 Å². The summed E-state index contributed by atoms with van der Waals surface area (Å²) in [5.41, 5.74) is 0. The van der Waals surface area contributed by atoms with Crippen molar-refractivity contribution in [2.45, 2.75) is 58.4 Å². The van der Waals surface area contributed by atoms with Gasteiger partial charge in [0.15, 0.2) is 0 Å². The van der Waals surface area contributed by atoms with Gasteiger partial charge in [-0.2, -0.15) is 0 Å². The Bertz CT molecular complexity index is 385. The highest BCUT2D eigenvalue weighted by molar-refractivity contribution is 5.48. The molecule has 1 aliphatic carbocycles. The number of hydrogen-bond donors (Lipinski definition) is 2. The van der Waals surface area contributed by atoms with Crippen LogP contribution >= 0.6 is 0 Å². The number of aromatic nitrogens is 2. The Morgan fingerprint density at radius 3 is 2.56 bits per heavy atom. The van der Waals surface area contributed by atoms with Crippen LogP contribution in [-0.4, -0.2) is 22.6 Å². The second-order valence-electron chi connectivity index (χ2n) is 5.35. The first kappa shape index (κ1) is 13.1. The maximum absolute atomic E-state index is 4.60. The molecule has 1 saturated carbocycles. The van der Waals surface area contributed by atoms with Crippen LogP contribution in [0.2, 0.25) is 0 Å². The number of nitrogens with zero attached hydrogens (tertiary/aromatic N) is 2. The quantitative estimate of drug-likeness (QED) is 0.810. The van der Waals surface area contributed by atoms with Gasteiger partial charge in [0.2, 0.25) is 0 Å². The second-order valence-corrected chi connectivity index (χ2v) is 5.35. The lowest BCUT2D eigenvalue weighted by molar-refractivity contribution is 0.444. The summed E-state index contributed by atoms with van der Waals surface area (Å²) in [6.45, 7) is 7.38. The first-order valence-electron chi connectivity index (χ1n) is 7.08. The van der Waals surface area contributed by atoms with Crippen LogP contribution in [0.15, 0.2) is 6.07 Å². The van der Waals surface area contributed by atoms with Gasteiger partial charge in [-0.15, -0.1) is 0 Å². The van der Waals surface area contributed by atoms with E-state index in [1.807, 2.05) is 6.07 Å². The fourth-order valence-electron chi connectivity index (χ4n) is 1.90. The standard InChI is InChI=1S/C14H24N4/c1-4-8-15-12-9-13(16-11-6-5-7-11)18-14(17-12)10(2)3/h9-11H,4-8H2,1-3H3,(H2,15,16,17,18). The Morgan fingerprint density at radius 1 is 1.28 bits per heavy atom. The van der Waals surface area contributed by atoms with E-state index in [9.17, 15) is 0 Å². The van der Waals surface area contributed by atoms with Crippen LogP contribution in [0.5, 0.6) is 0 Å². The zero-order chi connectivity index (χ0) is 13.0. The number of anilines is 2. The summed E-state index contributed by atoms with van der Waals surface area (Å²) in [5.74, 6) is 3.18. The first-order valence-corrected chi connectivity index (χ1v) is 7.08. The van der Waals surface area contributed by atoms with Gasteiger partial charge in [-0.05, 0) is 25.7 Å². The van der Waals surface area contributed by atoms with E-state index in [1.165, 1.54) is 19.3 Å². The van der Waals surface area contributed by atoms with Gasteiger partial charge >= 0.3 is 0 Å². The average Bonchev–Trinajstić information content (AvgIpc) is 2.31. The summed E-state index contributed by atoms with van der Waals surface area (Å²) in [4.78, 5) is 9.16. The first-order chi connectivity index (χ1) is 8.69. The average molecular weight is 248 g/mol. The Hall–Kier alpha value is -1.32. The lowest BCUT2D eigenvalue weighted by Crippen LogP contribution is -2.27. The van der Waals surface area contributed by atoms with Crippen molar-refractivity contribution in [1.82, 2.24) is 9.97 Å². The van der Waals surface area contributed by atoms with E-state index < -0.39 is 0 Å². The SMILES string of the molecule is CCCNc1cc(NC2CCC2)nc(C(C)C)n1. The maximum atomic E-state index is 4.60. The molecule has 0 unspecified atom stereocenters. The number of nitrogens with one attached hydrogen (secondary N) is 2. The predicted molar refractivity (Wildman–Crippen MR) is 76.2 cm³/mol.